The first-order valence-corrected chi connectivity index (χ1v) is 21.0. The van der Waals surface area contributed by atoms with Gasteiger partial charge < -0.3 is 24.2 Å². The van der Waals surface area contributed by atoms with Gasteiger partial charge in [-0.1, -0.05) is 30.2 Å². The van der Waals surface area contributed by atoms with Crippen molar-refractivity contribution in [1.29, 1.82) is 0 Å². The minimum atomic E-state index is -3.92. The Balaban J connectivity index is 1.15. The molecule has 14 nitrogen and oxygen atoms in total. The maximum atomic E-state index is 14.7. The van der Waals surface area contributed by atoms with E-state index in [-0.39, 0.29) is 55.2 Å². The van der Waals surface area contributed by atoms with Gasteiger partial charge in [-0.2, -0.15) is 0 Å². The number of Topliss-reactive ketones (excluding diaryl/α,β-unsaturated/α-hetero) is 1. The molecule has 2 aromatic carbocycles. The van der Waals surface area contributed by atoms with Gasteiger partial charge in [0.05, 0.1) is 35.9 Å². The molecular formula is C41H43F2N5O9S. The van der Waals surface area contributed by atoms with Gasteiger partial charge in [-0.05, 0) is 81.0 Å². The third-order valence-corrected chi connectivity index (χ3v) is 13.5. The van der Waals surface area contributed by atoms with Crippen LogP contribution in [0.4, 0.5) is 8.78 Å². The van der Waals surface area contributed by atoms with Gasteiger partial charge >= 0.3 is 0 Å². The third-order valence-electron chi connectivity index (χ3n) is 11.7. The number of carbonyl (C=O) groups excluding carboxylic acids is 4. The van der Waals surface area contributed by atoms with Crippen LogP contribution in [-0.2, 0) is 24.4 Å². The molecule has 0 unspecified atom stereocenters. The number of ether oxygens (including phenoxy) is 2. The number of amides is 3. The molecule has 2 aliphatic carbocycles. The predicted octanol–water partition coefficient (Wildman–Crippen LogP) is 5.21. The van der Waals surface area contributed by atoms with Crippen molar-refractivity contribution in [3.8, 4) is 11.6 Å². The highest BCUT2D eigenvalue weighted by molar-refractivity contribution is 7.90. The lowest BCUT2D eigenvalue weighted by Crippen LogP contribution is -2.52. The van der Waals surface area contributed by atoms with Crippen molar-refractivity contribution in [3.05, 3.63) is 71.6 Å². The van der Waals surface area contributed by atoms with E-state index in [1.165, 1.54) is 18.1 Å². The van der Waals surface area contributed by atoms with E-state index in [0.717, 1.165) is 18.6 Å². The molecule has 4 aliphatic rings. The number of fused-ring (bicyclic) bond motifs is 5. The van der Waals surface area contributed by atoms with Crippen molar-refractivity contribution in [1.82, 2.24) is 25.1 Å². The fourth-order valence-corrected chi connectivity index (χ4v) is 9.60. The molecule has 0 bridgehead atoms. The number of nitrogens with one attached hydrogen (secondary N) is 2. The largest absolute Gasteiger partial charge is 0.497 e. The molecule has 0 radical (unpaired) electrons. The van der Waals surface area contributed by atoms with E-state index >= 15 is 0 Å². The number of methoxy groups -OCH3 is 1. The SMILES string of the molecule is COc1ccc2c(c1)c(O[C@@H]1C[C@H]3C(=O)C[C@]4(C(=O)NS(=O)(=O)C5CC5)C[C@H]4/C=C\CCCCC[C@H](NC(=O)c4cc(C)on4)C(=O)N3C1)nc1cc(F)c(F)cc12. The van der Waals surface area contributed by atoms with Crippen LogP contribution >= 0.6 is 0 Å². The molecule has 2 saturated carbocycles. The van der Waals surface area contributed by atoms with Gasteiger partial charge in [0, 0.05) is 35.7 Å². The van der Waals surface area contributed by atoms with Gasteiger partial charge in [0.15, 0.2) is 23.1 Å². The Labute approximate surface area is 332 Å². The van der Waals surface area contributed by atoms with Crippen molar-refractivity contribution >= 4 is 55.2 Å². The lowest BCUT2D eigenvalue weighted by atomic mass is 9.91. The molecule has 58 heavy (non-hydrogen) atoms. The molecule has 17 heteroatoms. The Kier molecular flexibility index (Phi) is 10.4. The molecule has 3 amide bonds. The zero-order chi connectivity index (χ0) is 40.9. The standard InChI is InChI=1S/C41H43F2N5O9S/c1-22-14-34(46-57-22)37(50)44-32-9-7-5-3-4-6-8-23-19-41(23,40(52)47-58(53,54)26-11-12-26)20-36(49)35-16-25(21-48(35)39(32)51)56-38-29-15-24(55-2)10-13-27(29)28-17-30(42)31(43)18-33(28)45-38/h6,8,10,13-15,17-18,23,25-26,32,35H,3-5,7,9,11-12,16,19-21H2,1-2H3,(H,44,50)(H,47,52)/b8-6-/t23-,25-,32+,35+,41-/m1/s1. The number of hydrogen-bond donors (Lipinski definition) is 2. The van der Waals surface area contributed by atoms with E-state index in [1.807, 2.05) is 12.2 Å². The molecule has 1 saturated heterocycles. The van der Waals surface area contributed by atoms with Crippen molar-refractivity contribution in [3.63, 3.8) is 0 Å². The molecule has 2 N–H and O–H groups in total. The number of allylic oxidation sites excluding steroid dienone is 2. The van der Waals surface area contributed by atoms with Gasteiger partial charge in [-0.15, -0.1) is 0 Å². The molecule has 4 aromatic rings. The number of carbonyl (C=O) groups is 4. The van der Waals surface area contributed by atoms with E-state index in [1.54, 1.807) is 25.1 Å². The van der Waals surface area contributed by atoms with Crippen molar-refractivity contribution in [2.45, 2.75) is 94.6 Å². The van der Waals surface area contributed by atoms with E-state index in [0.29, 0.717) is 59.8 Å². The molecule has 8 rings (SSSR count). The lowest BCUT2D eigenvalue weighted by Gasteiger charge is -2.29. The fourth-order valence-electron chi connectivity index (χ4n) is 8.22. The van der Waals surface area contributed by atoms with Crippen LogP contribution in [0, 0.1) is 29.9 Å². The summed E-state index contributed by atoms with van der Waals surface area (Å²) >= 11 is 0. The highest BCUT2D eigenvalue weighted by Crippen LogP contribution is 2.57. The van der Waals surface area contributed by atoms with Crippen LogP contribution in [-0.4, -0.2) is 84.1 Å². The number of pyridine rings is 1. The summed E-state index contributed by atoms with van der Waals surface area (Å²) in [6, 6.07) is 6.22. The van der Waals surface area contributed by atoms with Crippen LogP contribution in [0.5, 0.6) is 11.6 Å². The van der Waals surface area contributed by atoms with Crippen LogP contribution in [0.25, 0.3) is 21.7 Å². The highest BCUT2D eigenvalue weighted by atomic mass is 32.2. The Morgan fingerprint density at radius 3 is 2.53 bits per heavy atom. The normalized spacial score (nSPS) is 26.0. The molecule has 3 fully saturated rings. The smallest absolute Gasteiger partial charge is 0.274 e. The number of benzene rings is 2. The summed E-state index contributed by atoms with van der Waals surface area (Å²) in [6.45, 7) is 1.50. The van der Waals surface area contributed by atoms with Crippen LogP contribution in [0.15, 0.2) is 53.1 Å². The van der Waals surface area contributed by atoms with Gasteiger partial charge in [-0.25, -0.2) is 22.2 Å². The Morgan fingerprint density at radius 2 is 1.79 bits per heavy atom. The van der Waals surface area contributed by atoms with Crippen LogP contribution < -0.4 is 19.5 Å². The number of hydrogen-bond acceptors (Lipinski definition) is 11. The molecule has 5 atom stereocenters. The summed E-state index contributed by atoms with van der Waals surface area (Å²) in [5, 5.41) is 7.17. The lowest BCUT2D eigenvalue weighted by molar-refractivity contribution is -0.140. The van der Waals surface area contributed by atoms with E-state index in [4.69, 9.17) is 14.0 Å². The number of ketones is 1. The third kappa shape index (κ3) is 7.75. The van der Waals surface area contributed by atoms with Gasteiger partial charge in [0.2, 0.25) is 27.7 Å². The summed E-state index contributed by atoms with van der Waals surface area (Å²) in [4.78, 5) is 62.4. The van der Waals surface area contributed by atoms with E-state index in [9.17, 15) is 36.4 Å². The molecule has 0 spiro atoms. The monoisotopic (exact) mass is 819 g/mol. The maximum Gasteiger partial charge on any atom is 0.274 e. The minimum absolute atomic E-state index is 0.0172. The van der Waals surface area contributed by atoms with Crippen LogP contribution in [0.3, 0.4) is 0 Å². The minimum Gasteiger partial charge on any atom is -0.497 e. The Morgan fingerprint density at radius 1 is 1.00 bits per heavy atom. The molecule has 4 heterocycles. The van der Waals surface area contributed by atoms with Gasteiger partial charge in [-0.3, -0.25) is 23.9 Å². The van der Waals surface area contributed by atoms with Crippen molar-refractivity contribution < 1.29 is 50.4 Å². The quantitative estimate of drug-likeness (QED) is 0.176. The maximum absolute atomic E-state index is 14.7. The average Bonchev–Trinajstić information content (AvgIpc) is 4.08. The fraction of sp³-hybridized carbons (Fsp3) is 0.463. The summed E-state index contributed by atoms with van der Waals surface area (Å²) < 4.78 is 74.0. The van der Waals surface area contributed by atoms with Gasteiger partial charge in [0.25, 0.3) is 5.91 Å². The highest BCUT2D eigenvalue weighted by Gasteiger charge is 2.61. The van der Waals surface area contributed by atoms with Crippen LogP contribution in [0.1, 0.15) is 80.5 Å². The van der Waals surface area contributed by atoms with Crippen LogP contribution in [0.2, 0.25) is 0 Å². The first-order chi connectivity index (χ1) is 27.8. The summed E-state index contributed by atoms with van der Waals surface area (Å²) in [5.74, 6) is -4.09. The van der Waals surface area contributed by atoms with E-state index < -0.39 is 74.0 Å². The Hall–Kier alpha value is -5.45. The number of halogens is 2. The van der Waals surface area contributed by atoms with Gasteiger partial charge in [0.1, 0.15) is 23.7 Å². The number of rotatable bonds is 8. The first kappa shape index (κ1) is 39.4. The average molecular weight is 820 g/mol. The molecular weight excluding hydrogens is 777 g/mol. The number of nitrogens with zero attached hydrogens (tertiary/aromatic N) is 3. The summed E-state index contributed by atoms with van der Waals surface area (Å²) in [7, 11) is -2.45. The molecule has 2 aromatic heterocycles. The Bertz CT molecular complexity index is 2470. The number of aromatic nitrogens is 2. The zero-order valence-electron chi connectivity index (χ0n) is 32.0. The van der Waals surface area contributed by atoms with Crippen molar-refractivity contribution in [2.24, 2.45) is 11.3 Å². The second-order valence-electron chi connectivity index (χ2n) is 15.8. The molecule has 306 valence electrons. The van der Waals surface area contributed by atoms with Crippen molar-refractivity contribution in [2.75, 3.05) is 13.7 Å². The summed E-state index contributed by atoms with van der Waals surface area (Å²) in [6.07, 6.45) is 6.67. The second-order valence-corrected chi connectivity index (χ2v) is 17.8. The topological polar surface area (TPSA) is 187 Å². The zero-order valence-corrected chi connectivity index (χ0v) is 32.8. The first-order valence-electron chi connectivity index (χ1n) is 19.5. The molecule has 2 aliphatic heterocycles. The van der Waals surface area contributed by atoms with E-state index in [2.05, 4.69) is 20.2 Å². The predicted molar refractivity (Wildman–Crippen MR) is 205 cm³/mol. The second kappa shape index (κ2) is 15.4. The number of sulfonamides is 1. The number of aryl methyl sites for hydroxylation is 1. The summed E-state index contributed by atoms with van der Waals surface area (Å²) in [5.41, 5.74) is -1.25.